The molecule has 2 aliphatic rings. The highest BCUT2D eigenvalue weighted by molar-refractivity contribution is 6.30. The van der Waals surface area contributed by atoms with E-state index in [1.165, 1.54) is 0 Å². The number of carboxylic acid groups (broad SMARTS) is 1. The van der Waals surface area contributed by atoms with Gasteiger partial charge in [0.2, 0.25) is 5.91 Å². The molecule has 1 amide bonds. The molecule has 5 nitrogen and oxygen atoms in total. The SMILES string of the molecule is Clc1ccccc1.O=C(O)C[C@H]1CCC(c2ccc(Cl)cc2)N([C@H]2CCCOC2)C1=O. The van der Waals surface area contributed by atoms with Crippen LogP contribution in [0, 0.1) is 5.92 Å². The van der Waals surface area contributed by atoms with Crippen LogP contribution >= 0.6 is 23.2 Å². The number of halogens is 2. The fraction of sp³-hybridized carbons (Fsp3) is 0.417. The van der Waals surface area contributed by atoms with E-state index in [1.54, 1.807) is 0 Å². The Kier molecular flexibility index (Phi) is 8.76. The summed E-state index contributed by atoms with van der Waals surface area (Å²) in [5.74, 6) is -1.41. The fourth-order valence-electron chi connectivity index (χ4n) is 4.19. The summed E-state index contributed by atoms with van der Waals surface area (Å²) in [6.07, 6.45) is 3.08. The average molecular weight is 464 g/mol. The van der Waals surface area contributed by atoms with Gasteiger partial charge in [0.05, 0.1) is 25.1 Å². The fourth-order valence-corrected chi connectivity index (χ4v) is 4.46. The number of benzene rings is 2. The molecule has 1 N–H and O–H groups in total. The van der Waals surface area contributed by atoms with Crippen LogP contribution in [0.25, 0.3) is 0 Å². The van der Waals surface area contributed by atoms with Gasteiger partial charge in [-0.25, -0.2) is 0 Å². The number of likely N-dealkylation sites (tertiary alicyclic amines) is 1. The number of carboxylic acids is 1. The predicted molar refractivity (Wildman–Crippen MR) is 121 cm³/mol. The summed E-state index contributed by atoms with van der Waals surface area (Å²) in [5.41, 5.74) is 1.05. The first-order valence-corrected chi connectivity index (χ1v) is 11.3. The molecule has 0 spiro atoms. The first-order chi connectivity index (χ1) is 15.0. The standard InChI is InChI=1S/C18H22ClNO4.C6H5Cl/c19-14-6-3-12(4-7-14)16-8-5-13(10-17(21)22)18(23)20(16)15-2-1-9-24-11-15;7-6-4-2-1-3-5-6/h3-4,6-7,13,15-16H,1-2,5,8-11H2,(H,21,22);1-5H/t13-,15+,16?;/m1./s1. The molecule has 0 saturated carbocycles. The molecular weight excluding hydrogens is 437 g/mol. The third-order valence-electron chi connectivity index (χ3n) is 5.67. The minimum atomic E-state index is -0.918. The van der Waals surface area contributed by atoms with Crippen molar-refractivity contribution in [3.8, 4) is 0 Å². The Labute approximate surface area is 192 Å². The summed E-state index contributed by atoms with van der Waals surface area (Å²) in [7, 11) is 0. The lowest BCUT2D eigenvalue weighted by Gasteiger charge is -2.45. The van der Waals surface area contributed by atoms with Gasteiger partial charge in [0.15, 0.2) is 0 Å². The van der Waals surface area contributed by atoms with E-state index in [0.717, 1.165) is 36.5 Å². The lowest BCUT2D eigenvalue weighted by Crippen LogP contribution is -2.52. The van der Waals surface area contributed by atoms with Crippen LogP contribution in [0.5, 0.6) is 0 Å². The largest absolute Gasteiger partial charge is 0.481 e. The number of nitrogens with zero attached hydrogens (tertiary/aromatic N) is 1. The van der Waals surface area contributed by atoms with Crippen molar-refractivity contribution in [2.75, 3.05) is 13.2 Å². The zero-order valence-corrected chi connectivity index (χ0v) is 18.8. The Morgan fingerprint density at radius 1 is 1.00 bits per heavy atom. The number of ether oxygens (including phenoxy) is 1. The molecule has 4 rings (SSSR count). The van der Waals surface area contributed by atoms with E-state index in [-0.39, 0.29) is 24.4 Å². The van der Waals surface area contributed by atoms with Gasteiger partial charge in [-0.05, 0) is 55.5 Å². The van der Waals surface area contributed by atoms with Crippen LogP contribution in [0.4, 0.5) is 0 Å². The summed E-state index contributed by atoms with van der Waals surface area (Å²) in [5, 5.41) is 10.5. The number of rotatable bonds is 4. The zero-order chi connectivity index (χ0) is 22.2. The zero-order valence-electron chi connectivity index (χ0n) is 17.3. The van der Waals surface area contributed by atoms with Gasteiger partial charge in [-0.2, -0.15) is 0 Å². The van der Waals surface area contributed by atoms with Gasteiger partial charge >= 0.3 is 5.97 Å². The lowest BCUT2D eigenvalue weighted by molar-refractivity contribution is -0.154. The molecule has 0 aliphatic carbocycles. The Morgan fingerprint density at radius 3 is 2.23 bits per heavy atom. The van der Waals surface area contributed by atoms with Crippen molar-refractivity contribution in [1.82, 2.24) is 4.90 Å². The van der Waals surface area contributed by atoms with Crippen LogP contribution in [-0.4, -0.2) is 41.1 Å². The Morgan fingerprint density at radius 2 is 1.68 bits per heavy atom. The first-order valence-electron chi connectivity index (χ1n) is 10.5. The van der Waals surface area contributed by atoms with E-state index >= 15 is 0 Å². The van der Waals surface area contributed by atoms with Gasteiger partial charge < -0.3 is 14.7 Å². The lowest BCUT2D eigenvalue weighted by atomic mass is 9.84. The number of carbonyl (C=O) groups is 2. The smallest absolute Gasteiger partial charge is 0.304 e. The van der Waals surface area contributed by atoms with Crippen LogP contribution in [0.1, 0.15) is 43.7 Å². The number of hydrogen-bond donors (Lipinski definition) is 1. The van der Waals surface area contributed by atoms with E-state index in [1.807, 2.05) is 59.5 Å². The highest BCUT2D eigenvalue weighted by Crippen LogP contribution is 2.38. The number of aliphatic carboxylic acids is 1. The Balaban J connectivity index is 0.000000330. The highest BCUT2D eigenvalue weighted by atomic mass is 35.5. The minimum absolute atomic E-state index is 0.0172. The third kappa shape index (κ3) is 6.70. The van der Waals surface area contributed by atoms with Crippen molar-refractivity contribution in [1.29, 1.82) is 0 Å². The first kappa shape index (κ1) is 23.6. The van der Waals surface area contributed by atoms with Crippen molar-refractivity contribution in [3.63, 3.8) is 0 Å². The topological polar surface area (TPSA) is 66.8 Å². The van der Waals surface area contributed by atoms with E-state index in [4.69, 9.17) is 33.0 Å². The van der Waals surface area contributed by atoms with E-state index < -0.39 is 11.9 Å². The molecule has 7 heteroatoms. The van der Waals surface area contributed by atoms with Crippen LogP contribution in [0.15, 0.2) is 54.6 Å². The maximum atomic E-state index is 13.0. The molecule has 0 aromatic heterocycles. The monoisotopic (exact) mass is 463 g/mol. The van der Waals surface area contributed by atoms with Crippen LogP contribution in [-0.2, 0) is 14.3 Å². The molecule has 1 unspecified atom stereocenters. The van der Waals surface area contributed by atoms with E-state index in [0.29, 0.717) is 18.1 Å². The molecule has 2 saturated heterocycles. The Hall–Kier alpha value is -2.08. The number of hydrogen-bond acceptors (Lipinski definition) is 3. The van der Waals surface area contributed by atoms with Gasteiger partial charge in [0.1, 0.15) is 0 Å². The maximum Gasteiger partial charge on any atom is 0.304 e. The molecule has 2 heterocycles. The molecule has 0 bridgehead atoms. The van der Waals surface area contributed by atoms with Crippen LogP contribution < -0.4 is 0 Å². The van der Waals surface area contributed by atoms with Crippen molar-refractivity contribution >= 4 is 35.1 Å². The summed E-state index contributed by atoms with van der Waals surface area (Å²) >= 11 is 11.5. The maximum absolute atomic E-state index is 13.0. The summed E-state index contributed by atoms with van der Waals surface area (Å²) in [6, 6.07) is 17.0. The van der Waals surface area contributed by atoms with Crippen LogP contribution in [0.3, 0.4) is 0 Å². The average Bonchev–Trinajstić information content (AvgIpc) is 2.77. The van der Waals surface area contributed by atoms with Crippen molar-refractivity contribution in [3.05, 3.63) is 70.2 Å². The third-order valence-corrected chi connectivity index (χ3v) is 6.17. The van der Waals surface area contributed by atoms with Crippen LogP contribution in [0.2, 0.25) is 10.0 Å². The van der Waals surface area contributed by atoms with Gasteiger partial charge in [0, 0.05) is 22.6 Å². The van der Waals surface area contributed by atoms with Gasteiger partial charge in [0.25, 0.3) is 0 Å². The van der Waals surface area contributed by atoms with Crippen molar-refractivity contribution < 1.29 is 19.4 Å². The molecule has 2 aliphatic heterocycles. The molecule has 31 heavy (non-hydrogen) atoms. The second kappa shape index (κ2) is 11.5. The molecule has 166 valence electrons. The van der Waals surface area contributed by atoms with Gasteiger partial charge in [-0.3, -0.25) is 9.59 Å². The molecule has 3 atom stereocenters. The predicted octanol–water partition coefficient (Wildman–Crippen LogP) is 5.61. The molecule has 2 aromatic rings. The quantitative estimate of drug-likeness (QED) is 0.639. The van der Waals surface area contributed by atoms with Gasteiger partial charge in [-0.15, -0.1) is 0 Å². The number of amides is 1. The summed E-state index contributed by atoms with van der Waals surface area (Å²) in [6.45, 7) is 1.25. The van der Waals surface area contributed by atoms with Gasteiger partial charge in [-0.1, -0.05) is 53.5 Å². The highest BCUT2D eigenvalue weighted by Gasteiger charge is 2.41. The molecule has 2 fully saturated rings. The number of carbonyl (C=O) groups excluding carboxylic acids is 1. The minimum Gasteiger partial charge on any atom is -0.481 e. The number of piperidine rings is 1. The van der Waals surface area contributed by atoms with E-state index in [2.05, 4.69) is 0 Å². The summed E-state index contributed by atoms with van der Waals surface area (Å²) in [4.78, 5) is 26.0. The van der Waals surface area contributed by atoms with Crippen molar-refractivity contribution in [2.24, 2.45) is 5.92 Å². The second-order valence-corrected chi connectivity index (χ2v) is 8.72. The molecule has 2 aromatic carbocycles. The molecule has 0 radical (unpaired) electrons. The second-order valence-electron chi connectivity index (χ2n) is 7.85. The van der Waals surface area contributed by atoms with E-state index in [9.17, 15) is 9.59 Å². The molecular formula is C24H27Cl2NO4. The summed E-state index contributed by atoms with van der Waals surface area (Å²) < 4.78 is 5.57. The van der Waals surface area contributed by atoms with Crippen molar-refractivity contribution in [2.45, 2.75) is 44.2 Å². The Bertz CT molecular complexity index is 854. The normalized spacial score (nSPS) is 23.6.